The highest BCUT2D eigenvalue weighted by Gasteiger charge is 2.30. The van der Waals surface area contributed by atoms with Crippen LogP contribution in [-0.2, 0) is 11.8 Å². The van der Waals surface area contributed by atoms with Crippen LogP contribution in [0, 0.1) is 0 Å². The Balaban J connectivity index is 1.39. The molecule has 0 saturated carbocycles. The summed E-state index contributed by atoms with van der Waals surface area (Å²) in [6.07, 6.45) is 3.55. The van der Waals surface area contributed by atoms with Crippen molar-refractivity contribution in [2.45, 2.75) is 11.2 Å². The van der Waals surface area contributed by atoms with Gasteiger partial charge < -0.3 is 19.7 Å². The molecule has 2 aromatic carbocycles. The molecule has 1 saturated heterocycles. The Labute approximate surface area is 192 Å². The first-order valence-corrected chi connectivity index (χ1v) is 11.5. The third kappa shape index (κ3) is 5.20. The second kappa shape index (κ2) is 10.0. The molecule has 1 aromatic heterocycles. The summed E-state index contributed by atoms with van der Waals surface area (Å²) in [4.78, 5) is 34.0. The quantitative estimate of drug-likeness (QED) is 0.585. The van der Waals surface area contributed by atoms with Crippen LogP contribution in [-0.4, -0.2) is 63.6 Å². The maximum atomic E-state index is 13.3. The molecular weight excluding hydrogens is 422 g/mol. The average Bonchev–Trinajstić information content (AvgIpc) is 3.23. The minimum absolute atomic E-state index is 0.00941. The molecule has 2 heterocycles. The summed E-state index contributed by atoms with van der Waals surface area (Å²) < 4.78 is 1.87. The van der Waals surface area contributed by atoms with Gasteiger partial charge in [0.15, 0.2) is 5.16 Å². The molecule has 8 heteroatoms. The first kappa shape index (κ1) is 22.1. The van der Waals surface area contributed by atoms with Crippen LogP contribution in [0.25, 0.3) is 0 Å². The van der Waals surface area contributed by atoms with Gasteiger partial charge in [-0.3, -0.25) is 9.59 Å². The third-order valence-corrected chi connectivity index (χ3v) is 6.61. The summed E-state index contributed by atoms with van der Waals surface area (Å²) in [6, 6.07) is 17.3. The number of carbonyl (C=O) groups excluding carboxylic acids is 2. The van der Waals surface area contributed by atoms with Gasteiger partial charge >= 0.3 is 0 Å². The second-order valence-corrected chi connectivity index (χ2v) is 8.86. The fourth-order valence-corrected chi connectivity index (χ4v) is 4.54. The predicted molar refractivity (Wildman–Crippen MR) is 127 cm³/mol. The normalized spacial score (nSPS) is 16.7. The number of likely N-dealkylation sites (N-methyl/N-ethyl adjacent to an activating group) is 1. The Morgan fingerprint density at radius 1 is 1.06 bits per heavy atom. The van der Waals surface area contributed by atoms with E-state index < -0.39 is 0 Å². The SMILES string of the molecule is CN1CCN(C(=O)c2ccc(NC(=O)CSc3nccn3C)cc2)[C@@H](c2ccccc2)C1. The molecule has 3 aromatic rings. The molecule has 1 aliphatic rings. The lowest BCUT2D eigenvalue weighted by Gasteiger charge is -2.40. The summed E-state index contributed by atoms with van der Waals surface area (Å²) in [6.45, 7) is 2.33. The van der Waals surface area contributed by atoms with Gasteiger partial charge in [-0.2, -0.15) is 0 Å². The van der Waals surface area contributed by atoms with E-state index in [0.717, 1.165) is 23.8 Å². The number of nitrogens with zero attached hydrogens (tertiary/aromatic N) is 4. The summed E-state index contributed by atoms with van der Waals surface area (Å²) in [7, 11) is 3.98. The standard InChI is InChI=1S/C24H27N5O2S/c1-27-14-15-29(21(16-27)18-6-4-3-5-7-18)23(31)19-8-10-20(11-9-19)26-22(30)17-32-24-25-12-13-28(24)2/h3-13,21H,14-17H2,1-2H3,(H,26,30)/t21-/m1/s1. The highest BCUT2D eigenvalue weighted by molar-refractivity contribution is 7.99. The minimum atomic E-state index is -0.111. The van der Waals surface area contributed by atoms with Crippen molar-refractivity contribution in [3.05, 3.63) is 78.1 Å². The largest absolute Gasteiger partial charge is 0.329 e. The molecule has 32 heavy (non-hydrogen) atoms. The fourth-order valence-electron chi connectivity index (χ4n) is 3.80. The molecule has 7 nitrogen and oxygen atoms in total. The number of thioether (sulfide) groups is 1. The number of piperazine rings is 1. The molecule has 0 spiro atoms. The van der Waals surface area contributed by atoms with Crippen LogP contribution in [0.2, 0.25) is 0 Å². The second-order valence-electron chi connectivity index (χ2n) is 7.92. The number of hydrogen-bond donors (Lipinski definition) is 1. The minimum Gasteiger partial charge on any atom is -0.329 e. The van der Waals surface area contributed by atoms with Crippen molar-refractivity contribution < 1.29 is 9.59 Å². The highest BCUT2D eigenvalue weighted by atomic mass is 32.2. The summed E-state index contributed by atoms with van der Waals surface area (Å²) in [5.74, 6) is 0.168. The number of rotatable bonds is 6. The number of aromatic nitrogens is 2. The lowest BCUT2D eigenvalue weighted by Crippen LogP contribution is -2.49. The molecular formula is C24H27N5O2S. The Morgan fingerprint density at radius 2 is 1.81 bits per heavy atom. The number of carbonyl (C=O) groups is 2. The Hall–Kier alpha value is -3.10. The summed E-state index contributed by atoms with van der Waals surface area (Å²) >= 11 is 1.38. The van der Waals surface area contributed by atoms with Crippen LogP contribution in [0.4, 0.5) is 5.69 Å². The van der Waals surface area contributed by atoms with Crippen molar-refractivity contribution in [3.63, 3.8) is 0 Å². The van der Waals surface area contributed by atoms with Crippen molar-refractivity contribution in [2.75, 3.05) is 37.8 Å². The highest BCUT2D eigenvalue weighted by Crippen LogP contribution is 2.27. The van der Waals surface area contributed by atoms with Gasteiger partial charge in [0.25, 0.3) is 5.91 Å². The van der Waals surface area contributed by atoms with E-state index in [1.165, 1.54) is 11.8 Å². The van der Waals surface area contributed by atoms with Gasteiger partial charge in [-0.05, 0) is 36.9 Å². The summed E-state index contributed by atoms with van der Waals surface area (Å²) in [5, 5.41) is 3.67. The predicted octanol–water partition coefficient (Wildman–Crippen LogP) is 3.28. The number of imidazole rings is 1. The molecule has 2 amide bonds. The van der Waals surface area contributed by atoms with E-state index in [1.807, 2.05) is 40.9 Å². The van der Waals surface area contributed by atoms with E-state index in [9.17, 15) is 9.59 Å². The monoisotopic (exact) mass is 449 g/mol. The van der Waals surface area contributed by atoms with Gasteiger partial charge in [0.1, 0.15) is 0 Å². The van der Waals surface area contributed by atoms with Gasteiger partial charge in [-0.1, -0.05) is 42.1 Å². The van der Waals surface area contributed by atoms with Crippen molar-refractivity contribution in [3.8, 4) is 0 Å². The zero-order valence-electron chi connectivity index (χ0n) is 18.3. The zero-order valence-corrected chi connectivity index (χ0v) is 19.1. The van der Waals surface area contributed by atoms with E-state index in [0.29, 0.717) is 17.8 Å². The van der Waals surface area contributed by atoms with E-state index in [4.69, 9.17) is 0 Å². The molecule has 1 N–H and O–H groups in total. The maximum absolute atomic E-state index is 13.3. The Morgan fingerprint density at radius 3 is 2.50 bits per heavy atom. The van der Waals surface area contributed by atoms with Crippen LogP contribution in [0.3, 0.4) is 0 Å². The van der Waals surface area contributed by atoms with Crippen LogP contribution >= 0.6 is 11.8 Å². The van der Waals surface area contributed by atoms with Gasteiger partial charge in [0, 0.05) is 50.3 Å². The summed E-state index contributed by atoms with van der Waals surface area (Å²) in [5.41, 5.74) is 2.43. The average molecular weight is 450 g/mol. The molecule has 0 bridgehead atoms. The molecule has 1 atom stereocenters. The fraction of sp³-hybridized carbons (Fsp3) is 0.292. The molecule has 1 fully saturated rings. The first-order chi connectivity index (χ1) is 15.5. The molecule has 0 unspecified atom stereocenters. The van der Waals surface area contributed by atoms with Crippen LogP contribution in [0.1, 0.15) is 22.0 Å². The third-order valence-electron chi connectivity index (χ3n) is 5.55. The van der Waals surface area contributed by atoms with Crippen molar-refractivity contribution in [1.82, 2.24) is 19.4 Å². The van der Waals surface area contributed by atoms with E-state index >= 15 is 0 Å². The van der Waals surface area contributed by atoms with Crippen LogP contribution < -0.4 is 5.32 Å². The number of nitrogens with one attached hydrogen (secondary N) is 1. The molecule has 166 valence electrons. The van der Waals surface area contributed by atoms with Crippen LogP contribution in [0.15, 0.2) is 72.1 Å². The van der Waals surface area contributed by atoms with E-state index in [1.54, 1.807) is 30.5 Å². The van der Waals surface area contributed by atoms with Gasteiger partial charge in [-0.25, -0.2) is 4.98 Å². The smallest absolute Gasteiger partial charge is 0.254 e. The molecule has 0 aliphatic carbocycles. The van der Waals surface area contributed by atoms with Crippen LogP contribution in [0.5, 0.6) is 0 Å². The number of aryl methyl sites for hydroxylation is 1. The van der Waals surface area contributed by atoms with Gasteiger partial charge in [0.05, 0.1) is 11.8 Å². The van der Waals surface area contributed by atoms with Crippen molar-refractivity contribution >= 4 is 29.3 Å². The van der Waals surface area contributed by atoms with Gasteiger partial charge in [0.2, 0.25) is 5.91 Å². The number of anilines is 1. The topological polar surface area (TPSA) is 70.5 Å². The Kier molecular flexibility index (Phi) is 6.92. The van der Waals surface area contributed by atoms with E-state index in [-0.39, 0.29) is 23.6 Å². The zero-order chi connectivity index (χ0) is 22.5. The first-order valence-electron chi connectivity index (χ1n) is 10.6. The number of hydrogen-bond acceptors (Lipinski definition) is 5. The molecule has 0 radical (unpaired) electrons. The van der Waals surface area contributed by atoms with Gasteiger partial charge in [-0.15, -0.1) is 0 Å². The van der Waals surface area contributed by atoms with E-state index in [2.05, 4.69) is 34.4 Å². The lowest BCUT2D eigenvalue weighted by molar-refractivity contribution is -0.113. The number of benzene rings is 2. The van der Waals surface area contributed by atoms with Crippen molar-refractivity contribution in [2.24, 2.45) is 7.05 Å². The maximum Gasteiger partial charge on any atom is 0.254 e. The van der Waals surface area contributed by atoms with Crippen molar-refractivity contribution in [1.29, 1.82) is 0 Å². The molecule has 1 aliphatic heterocycles. The molecule has 4 rings (SSSR count). The number of amides is 2. The Bertz CT molecular complexity index is 1070. The lowest BCUT2D eigenvalue weighted by atomic mass is 10.0.